The lowest BCUT2D eigenvalue weighted by Crippen LogP contribution is -2.37. The van der Waals surface area contributed by atoms with Crippen molar-refractivity contribution in [3.63, 3.8) is 0 Å². The number of ether oxygens (including phenoxy) is 1. The Balaban J connectivity index is 3.75. The summed E-state index contributed by atoms with van der Waals surface area (Å²) in [7, 11) is 1.25. The SMILES string of the molecule is CCCCCCCCCC(=O)OC[C@@H](O)COP(=O)([O-])OCC[N+](C)(C)C. The van der Waals surface area contributed by atoms with E-state index in [1.807, 2.05) is 21.1 Å². The molecule has 162 valence electrons. The summed E-state index contributed by atoms with van der Waals surface area (Å²) >= 11 is 0. The molecule has 0 aliphatic carbocycles. The molecule has 0 heterocycles. The van der Waals surface area contributed by atoms with Crippen LogP contribution in [0.3, 0.4) is 0 Å². The highest BCUT2D eigenvalue weighted by Crippen LogP contribution is 2.38. The molecule has 0 aliphatic heterocycles. The number of hydrogen-bond acceptors (Lipinski definition) is 7. The Morgan fingerprint density at radius 3 is 2.22 bits per heavy atom. The zero-order valence-corrected chi connectivity index (χ0v) is 18.2. The van der Waals surface area contributed by atoms with Crippen molar-refractivity contribution in [2.75, 3.05) is 47.5 Å². The fraction of sp³-hybridized carbons (Fsp3) is 0.944. The summed E-state index contributed by atoms with van der Waals surface area (Å²) in [5.41, 5.74) is 0. The lowest BCUT2D eigenvalue weighted by molar-refractivity contribution is -0.870. The van der Waals surface area contributed by atoms with Gasteiger partial charge in [-0.15, -0.1) is 0 Å². The number of nitrogens with zero attached hydrogens (tertiary/aromatic N) is 1. The highest BCUT2D eigenvalue weighted by Gasteiger charge is 2.16. The largest absolute Gasteiger partial charge is 0.756 e. The normalized spacial score (nSPS) is 15.3. The molecule has 0 rings (SSSR count). The molecule has 0 aromatic heterocycles. The molecule has 0 saturated carbocycles. The van der Waals surface area contributed by atoms with Crippen molar-refractivity contribution in [2.45, 2.75) is 64.4 Å². The molecule has 0 radical (unpaired) electrons. The zero-order valence-electron chi connectivity index (χ0n) is 17.4. The standard InChI is InChI=1S/C18H38NO7P/c1-5-6-7-8-9-10-11-12-18(21)24-15-17(20)16-26-27(22,23)25-14-13-19(2,3)4/h17,20H,5-16H2,1-4H3/t17-/m1/s1. The fourth-order valence-electron chi connectivity index (χ4n) is 2.18. The molecule has 0 aliphatic rings. The molecule has 1 N–H and O–H groups in total. The maximum Gasteiger partial charge on any atom is 0.305 e. The molecule has 0 spiro atoms. The van der Waals surface area contributed by atoms with E-state index in [9.17, 15) is 19.4 Å². The number of rotatable bonds is 17. The molecule has 9 heteroatoms. The average molecular weight is 411 g/mol. The Kier molecular flexibility index (Phi) is 14.2. The van der Waals surface area contributed by atoms with Crippen molar-refractivity contribution in [3.8, 4) is 0 Å². The minimum Gasteiger partial charge on any atom is -0.756 e. The van der Waals surface area contributed by atoms with Crippen LogP contribution in [0.5, 0.6) is 0 Å². The number of aliphatic hydroxyl groups excluding tert-OH is 1. The Morgan fingerprint density at radius 2 is 1.63 bits per heavy atom. The van der Waals surface area contributed by atoms with Crippen LogP contribution in [-0.2, 0) is 23.1 Å². The first kappa shape index (κ1) is 26.5. The van der Waals surface area contributed by atoms with Crippen LogP contribution in [-0.4, -0.2) is 69.2 Å². The van der Waals surface area contributed by atoms with Crippen LogP contribution in [0.4, 0.5) is 0 Å². The van der Waals surface area contributed by atoms with Gasteiger partial charge in [-0.1, -0.05) is 45.4 Å². The lowest BCUT2D eigenvalue weighted by Gasteiger charge is -2.27. The van der Waals surface area contributed by atoms with Crippen LogP contribution in [0, 0.1) is 0 Å². The summed E-state index contributed by atoms with van der Waals surface area (Å²) < 4.78 is 26.4. The van der Waals surface area contributed by atoms with Crippen molar-refractivity contribution in [1.82, 2.24) is 0 Å². The molecular weight excluding hydrogens is 373 g/mol. The van der Waals surface area contributed by atoms with E-state index in [-0.39, 0.29) is 13.2 Å². The van der Waals surface area contributed by atoms with Crippen LogP contribution in [0.25, 0.3) is 0 Å². The van der Waals surface area contributed by atoms with E-state index in [0.29, 0.717) is 17.4 Å². The van der Waals surface area contributed by atoms with Crippen LogP contribution >= 0.6 is 7.82 Å². The predicted octanol–water partition coefficient (Wildman–Crippen LogP) is 2.24. The van der Waals surface area contributed by atoms with E-state index in [2.05, 4.69) is 11.4 Å². The molecular formula is C18H38NO7P. The van der Waals surface area contributed by atoms with Gasteiger partial charge in [-0.25, -0.2) is 0 Å². The van der Waals surface area contributed by atoms with Crippen molar-refractivity contribution in [2.24, 2.45) is 0 Å². The van der Waals surface area contributed by atoms with Gasteiger partial charge in [0.05, 0.1) is 27.7 Å². The van der Waals surface area contributed by atoms with Gasteiger partial charge in [0.25, 0.3) is 7.82 Å². The lowest BCUT2D eigenvalue weighted by atomic mass is 10.1. The van der Waals surface area contributed by atoms with Gasteiger partial charge in [-0.2, -0.15) is 0 Å². The Hall–Kier alpha value is -0.500. The summed E-state index contributed by atoms with van der Waals surface area (Å²) in [5, 5.41) is 9.69. The van der Waals surface area contributed by atoms with Gasteiger partial charge in [0.1, 0.15) is 25.9 Å². The molecule has 0 bridgehead atoms. The molecule has 27 heavy (non-hydrogen) atoms. The Morgan fingerprint density at radius 1 is 1.04 bits per heavy atom. The first-order valence-electron chi connectivity index (χ1n) is 9.80. The number of aliphatic hydroxyl groups is 1. The molecule has 0 aromatic rings. The van der Waals surface area contributed by atoms with E-state index in [1.54, 1.807) is 0 Å². The van der Waals surface area contributed by atoms with Crippen LogP contribution in [0.1, 0.15) is 58.3 Å². The quantitative estimate of drug-likeness (QED) is 0.169. The molecule has 8 nitrogen and oxygen atoms in total. The van der Waals surface area contributed by atoms with E-state index in [4.69, 9.17) is 9.26 Å². The maximum atomic E-state index is 11.6. The first-order chi connectivity index (χ1) is 12.6. The summed E-state index contributed by atoms with van der Waals surface area (Å²) in [4.78, 5) is 23.2. The fourth-order valence-corrected chi connectivity index (χ4v) is 2.91. The highest BCUT2D eigenvalue weighted by atomic mass is 31.2. The van der Waals surface area contributed by atoms with Crippen molar-refractivity contribution in [1.29, 1.82) is 0 Å². The van der Waals surface area contributed by atoms with Gasteiger partial charge in [-0.3, -0.25) is 9.36 Å². The predicted molar refractivity (Wildman–Crippen MR) is 102 cm³/mol. The van der Waals surface area contributed by atoms with Gasteiger partial charge >= 0.3 is 5.97 Å². The number of hydrogen-bond donors (Lipinski definition) is 1. The Labute approximate surface area is 164 Å². The van der Waals surface area contributed by atoms with E-state index in [0.717, 1.165) is 19.3 Å². The zero-order chi connectivity index (χ0) is 20.8. The number of phosphoric acid groups is 1. The van der Waals surface area contributed by atoms with Gasteiger partial charge in [0.15, 0.2) is 0 Å². The third-order valence-electron chi connectivity index (χ3n) is 3.86. The number of likely N-dealkylation sites (N-methyl/N-ethyl adjacent to an activating group) is 1. The number of esters is 1. The van der Waals surface area contributed by atoms with Crippen molar-refractivity contribution >= 4 is 13.8 Å². The minimum absolute atomic E-state index is 0.00615. The van der Waals surface area contributed by atoms with Crippen molar-refractivity contribution < 1.29 is 37.6 Å². The summed E-state index contributed by atoms with van der Waals surface area (Å²) in [6.45, 7) is 1.86. The number of carbonyl (C=O) groups excluding carboxylic acids is 1. The van der Waals surface area contributed by atoms with Gasteiger partial charge in [-0.05, 0) is 6.42 Å². The van der Waals surface area contributed by atoms with Crippen molar-refractivity contribution in [3.05, 3.63) is 0 Å². The molecule has 2 atom stereocenters. The smallest absolute Gasteiger partial charge is 0.305 e. The molecule has 0 fully saturated rings. The monoisotopic (exact) mass is 411 g/mol. The topological polar surface area (TPSA) is 105 Å². The van der Waals surface area contributed by atoms with E-state index >= 15 is 0 Å². The summed E-state index contributed by atoms with van der Waals surface area (Å²) in [5.74, 6) is -0.396. The molecule has 0 saturated heterocycles. The Bertz CT molecular complexity index is 440. The number of unbranched alkanes of at least 4 members (excludes halogenated alkanes) is 6. The van der Waals surface area contributed by atoms with Crippen LogP contribution in [0.2, 0.25) is 0 Å². The third-order valence-corrected chi connectivity index (χ3v) is 4.82. The first-order valence-corrected chi connectivity index (χ1v) is 11.3. The maximum absolute atomic E-state index is 11.6. The summed E-state index contributed by atoms with van der Waals surface area (Å²) in [6, 6.07) is 0. The van der Waals surface area contributed by atoms with E-state index < -0.39 is 26.5 Å². The second kappa shape index (κ2) is 14.5. The number of quaternary nitrogens is 1. The minimum atomic E-state index is -4.47. The van der Waals surface area contributed by atoms with Crippen LogP contribution < -0.4 is 4.89 Å². The molecule has 0 aromatic carbocycles. The second-order valence-electron chi connectivity index (χ2n) is 7.80. The second-order valence-corrected chi connectivity index (χ2v) is 9.21. The average Bonchev–Trinajstić information content (AvgIpc) is 2.56. The van der Waals surface area contributed by atoms with E-state index in [1.165, 1.54) is 25.7 Å². The number of phosphoric ester groups is 1. The third kappa shape index (κ3) is 18.6. The van der Waals surface area contributed by atoms with Gasteiger partial charge < -0.3 is 28.3 Å². The van der Waals surface area contributed by atoms with Gasteiger partial charge in [0, 0.05) is 6.42 Å². The van der Waals surface area contributed by atoms with Gasteiger partial charge in [0.2, 0.25) is 0 Å². The summed E-state index contributed by atoms with van der Waals surface area (Å²) in [6.07, 6.45) is 6.81. The highest BCUT2D eigenvalue weighted by molar-refractivity contribution is 7.45. The number of carbonyl (C=O) groups is 1. The van der Waals surface area contributed by atoms with Crippen LogP contribution in [0.15, 0.2) is 0 Å². The molecule has 1 unspecified atom stereocenters. The molecule has 0 amide bonds.